The molecule has 3 aliphatic carbocycles. The molecule has 60 heavy (non-hydrogen) atoms. The number of hydrogen-bond donors (Lipinski definition) is 5. The molecule has 0 heterocycles. The van der Waals surface area contributed by atoms with Gasteiger partial charge in [-0.05, 0) is 121 Å². The molecule has 8 nitrogen and oxygen atoms in total. The average Bonchev–Trinajstić information content (AvgIpc) is 4.04. The van der Waals surface area contributed by atoms with Gasteiger partial charge in [0.1, 0.15) is 18.3 Å². The fourth-order valence-corrected chi connectivity index (χ4v) is 6.51. The summed E-state index contributed by atoms with van der Waals surface area (Å²) in [6, 6.07) is 0. The minimum Gasteiger partial charge on any atom is -0.396 e. The van der Waals surface area contributed by atoms with Crippen molar-refractivity contribution in [1.29, 1.82) is 0 Å². The van der Waals surface area contributed by atoms with Crippen LogP contribution >= 0.6 is 0 Å². The summed E-state index contributed by atoms with van der Waals surface area (Å²) in [5, 5.41) is 46.0. The van der Waals surface area contributed by atoms with Crippen LogP contribution in [0.1, 0.15) is 116 Å². The number of aliphatic hydroxyl groups is 5. The fourth-order valence-electron chi connectivity index (χ4n) is 6.51. The van der Waals surface area contributed by atoms with Crippen LogP contribution in [0, 0.1) is 23.2 Å². The van der Waals surface area contributed by atoms with Crippen molar-refractivity contribution in [2.24, 2.45) is 23.2 Å². The lowest BCUT2D eigenvalue weighted by atomic mass is 9.71. The Kier molecular flexibility index (Phi) is 27.6. The van der Waals surface area contributed by atoms with Crippen molar-refractivity contribution < 1.29 is 39.9 Å². The largest absolute Gasteiger partial charge is 0.396 e. The first-order chi connectivity index (χ1) is 28.2. The Hall–Kier alpha value is -3.76. The van der Waals surface area contributed by atoms with Gasteiger partial charge in [0.25, 0.3) is 0 Å². The molecule has 0 spiro atoms. The van der Waals surface area contributed by atoms with Gasteiger partial charge in [-0.3, -0.25) is 9.59 Å². The maximum atomic E-state index is 12.6. The molecule has 5 unspecified atom stereocenters. The van der Waals surface area contributed by atoms with Crippen LogP contribution in [-0.4, -0.2) is 81.3 Å². The summed E-state index contributed by atoms with van der Waals surface area (Å²) in [4.78, 5) is 24.6. The molecule has 0 radical (unpaired) electrons. The van der Waals surface area contributed by atoms with Crippen LogP contribution in [0.3, 0.4) is 0 Å². The van der Waals surface area contributed by atoms with Crippen LogP contribution in [0.5, 0.6) is 0 Å². The third-order valence-corrected chi connectivity index (χ3v) is 10.5. The van der Waals surface area contributed by atoms with Gasteiger partial charge in [-0.2, -0.15) is 0 Å². The first-order valence-electron chi connectivity index (χ1n) is 21.6. The molecule has 336 valence electrons. The van der Waals surface area contributed by atoms with Gasteiger partial charge in [-0.1, -0.05) is 142 Å². The van der Waals surface area contributed by atoms with E-state index in [1.54, 1.807) is 6.92 Å². The van der Waals surface area contributed by atoms with E-state index in [0.717, 1.165) is 27.9 Å². The Morgan fingerprint density at radius 3 is 1.83 bits per heavy atom. The summed E-state index contributed by atoms with van der Waals surface area (Å²) in [5.41, 5.74) is 7.57. The van der Waals surface area contributed by atoms with E-state index in [4.69, 9.17) is 14.9 Å². The van der Waals surface area contributed by atoms with Crippen molar-refractivity contribution in [3.63, 3.8) is 0 Å². The number of rotatable bonds is 16. The molecule has 5 N–H and O–H groups in total. The van der Waals surface area contributed by atoms with E-state index in [1.165, 1.54) is 25.3 Å². The summed E-state index contributed by atoms with van der Waals surface area (Å²) < 4.78 is 5.56. The summed E-state index contributed by atoms with van der Waals surface area (Å²) in [6.45, 7) is 29.5. The van der Waals surface area contributed by atoms with Gasteiger partial charge in [0.15, 0.2) is 11.6 Å². The van der Waals surface area contributed by atoms with Crippen LogP contribution in [0.25, 0.3) is 0 Å². The Morgan fingerprint density at radius 2 is 1.35 bits per heavy atom. The number of allylic oxidation sites excluding steroid dienone is 19. The molecule has 0 bridgehead atoms. The summed E-state index contributed by atoms with van der Waals surface area (Å²) in [6.07, 6.45) is 26.3. The number of Topliss-reactive ketones (excluding diaryl/α,β-unsaturated/α-hetero) is 2. The van der Waals surface area contributed by atoms with E-state index >= 15 is 0 Å². The number of ketones is 2. The van der Waals surface area contributed by atoms with E-state index in [9.17, 15) is 24.9 Å². The first kappa shape index (κ1) is 56.2. The fraction of sp³-hybridized carbons (Fsp3) is 0.538. The zero-order valence-corrected chi connectivity index (χ0v) is 39.2. The highest BCUT2D eigenvalue weighted by Gasteiger charge is 2.37. The van der Waals surface area contributed by atoms with Crippen LogP contribution in [0.4, 0.5) is 0 Å². The van der Waals surface area contributed by atoms with Gasteiger partial charge in [0, 0.05) is 19.1 Å². The van der Waals surface area contributed by atoms with E-state index < -0.39 is 24.4 Å². The first-order valence-corrected chi connectivity index (χ1v) is 21.6. The van der Waals surface area contributed by atoms with Crippen LogP contribution in [0.2, 0.25) is 0 Å². The van der Waals surface area contributed by atoms with E-state index in [2.05, 4.69) is 46.4 Å². The molecule has 5 atom stereocenters. The molecule has 0 aromatic carbocycles. The third-order valence-electron chi connectivity index (χ3n) is 10.5. The second-order valence-electron chi connectivity index (χ2n) is 16.7. The van der Waals surface area contributed by atoms with Crippen LogP contribution < -0.4 is 0 Å². The second kappa shape index (κ2) is 29.5. The Labute approximate surface area is 363 Å². The molecule has 0 aromatic heterocycles. The van der Waals surface area contributed by atoms with Gasteiger partial charge in [0.2, 0.25) is 0 Å². The smallest absolute Gasteiger partial charge is 0.187 e. The maximum Gasteiger partial charge on any atom is 0.187 e. The molecular weight excluding hydrogens is 753 g/mol. The van der Waals surface area contributed by atoms with Crippen molar-refractivity contribution in [3.05, 3.63) is 130 Å². The van der Waals surface area contributed by atoms with Crippen molar-refractivity contribution in [1.82, 2.24) is 0 Å². The van der Waals surface area contributed by atoms with E-state index in [0.29, 0.717) is 29.9 Å². The minimum absolute atomic E-state index is 0.0455. The summed E-state index contributed by atoms with van der Waals surface area (Å²) in [7, 11) is 0. The van der Waals surface area contributed by atoms with Crippen molar-refractivity contribution in [2.45, 2.75) is 140 Å². The second-order valence-corrected chi connectivity index (χ2v) is 16.7. The van der Waals surface area contributed by atoms with E-state index in [-0.39, 0.29) is 48.6 Å². The molecule has 1 saturated carbocycles. The zero-order valence-electron chi connectivity index (χ0n) is 39.2. The topological polar surface area (TPSA) is 145 Å². The quantitative estimate of drug-likeness (QED) is 0.0968. The van der Waals surface area contributed by atoms with Crippen LogP contribution in [0.15, 0.2) is 130 Å². The maximum absolute atomic E-state index is 12.6. The lowest BCUT2D eigenvalue weighted by molar-refractivity contribution is -0.132. The molecule has 1 fully saturated rings. The summed E-state index contributed by atoms with van der Waals surface area (Å²) in [5.74, 6) is 0.779. The van der Waals surface area contributed by atoms with Crippen molar-refractivity contribution >= 4 is 11.6 Å². The van der Waals surface area contributed by atoms with Gasteiger partial charge in [-0.25, -0.2) is 0 Å². The molecule has 0 aliphatic heterocycles. The highest BCUT2D eigenvalue weighted by molar-refractivity contribution is 6.01. The molecule has 0 saturated heterocycles. The molecule has 8 heteroatoms. The Balaban J connectivity index is 0.000000945. The normalized spacial score (nSPS) is 22.7. The predicted octanol–water partition coefficient (Wildman–Crippen LogP) is 9.94. The lowest BCUT2D eigenvalue weighted by Crippen LogP contribution is -2.37. The summed E-state index contributed by atoms with van der Waals surface area (Å²) >= 11 is 0. The molecule has 3 aliphatic rings. The van der Waals surface area contributed by atoms with Crippen molar-refractivity contribution in [2.75, 3.05) is 19.8 Å². The zero-order chi connectivity index (χ0) is 46.2. The third kappa shape index (κ3) is 21.2. The highest BCUT2D eigenvalue weighted by Crippen LogP contribution is 2.40. The standard InChI is InChI=1S/C22H32O4.C22H30O2.C6H12O2.C2H6/c1-14(2)8-7-9-15(3)10-11-19-16(4)12-21(22(25)17(19)5)26-13-20(24)18(6)23;1-7-8-10-16(2)11-9-12-17(3)13-14-19-18(4)21(24)20(23)15-22(19,5)6;7-3-6(4-8)5-1-2-5;1-2/h7-11,16,18,20-21,23-24H,1,12-13H2,2-6H3;7-14,20,23H,15H2,1-6H3;5-8H,1-4H2;1-2H3/b8-7+,11-10+,15-9+;8-7+,11-9+,14-13+,16-10+,17-12+;;. The Bertz CT molecular complexity index is 1680. The number of aliphatic hydroxyl groups excluding tert-OH is 5. The van der Waals surface area contributed by atoms with Gasteiger partial charge in [0.05, 0.1) is 12.7 Å². The number of carbonyl (C=O) groups is 2. The van der Waals surface area contributed by atoms with Crippen LogP contribution in [-0.2, 0) is 14.3 Å². The number of ether oxygens (including phenoxy) is 1. The van der Waals surface area contributed by atoms with Gasteiger partial charge >= 0.3 is 0 Å². The SMILES string of the molecule is C/C=C/C=C(C)/C=C/C=C(C)/C=C/C1=C(C)C(=O)C(O)CC1(C)C.C=C(C)/C=C/C=C(C)/C=C/C1=C(C)C(=O)C(OCC(O)C(C)O)CC1C.CC.OCC(CO)C1CC1. The predicted molar refractivity (Wildman–Crippen MR) is 250 cm³/mol. The monoisotopic (exact) mass is 833 g/mol. The van der Waals surface area contributed by atoms with Crippen molar-refractivity contribution in [3.8, 4) is 0 Å². The Morgan fingerprint density at radius 1 is 0.833 bits per heavy atom. The lowest BCUT2D eigenvalue weighted by Gasteiger charge is -2.34. The minimum atomic E-state index is -0.983. The molecule has 0 amide bonds. The average molecular weight is 833 g/mol. The van der Waals surface area contributed by atoms with Gasteiger partial charge in [-0.15, -0.1) is 0 Å². The van der Waals surface area contributed by atoms with Gasteiger partial charge < -0.3 is 30.3 Å². The van der Waals surface area contributed by atoms with E-state index in [1.807, 2.05) is 115 Å². The highest BCUT2D eigenvalue weighted by atomic mass is 16.5. The molecule has 0 aromatic rings. The number of hydrogen-bond acceptors (Lipinski definition) is 8. The molecule has 3 rings (SSSR count). The molecular formula is C52H80O8. The number of carbonyl (C=O) groups excluding carboxylic acids is 2.